The number of carbonyl (C=O) groups is 1. The Morgan fingerprint density at radius 1 is 1.55 bits per heavy atom. The Morgan fingerprint density at radius 3 is 2.95 bits per heavy atom. The molecule has 1 amide bonds. The maximum absolute atomic E-state index is 11.8. The molecule has 1 heterocycles. The number of aryl methyl sites for hydroxylation is 2. The van der Waals surface area contributed by atoms with Gasteiger partial charge in [0, 0.05) is 30.3 Å². The normalized spacial score (nSPS) is 21.4. The first kappa shape index (κ1) is 15.2. The summed E-state index contributed by atoms with van der Waals surface area (Å²) in [6.45, 7) is 4.89. The van der Waals surface area contributed by atoms with E-state index in [-0.39, 0.29) is 11.9 Å². The van der Waals surface area contributed by atoms with Crippen LogP contribution in [-0.4, -0.2) is 23.5 Å². The number of thiazole rings is 1. The Bertz CT molecular complexity index is 495. The van der Waals surface area contributed by atoms with Crippen molar-refractivity contribution in [2.24, 2.45) is 11.7 Å². The molecule has 4 nitrogen and oxygen atoms in total. The highest BCUT2D eigenvalue weighted by atomic mass is 32.1. The third kappa shape index (κ3) is 4.15. The van der Waals surface area contributed by atoms with E-state index in [0.29, 0.717) is 18.9 Å². The Morgan fingerprint density at radius 2 is 2.35 bits per heavy atom. The predicted molar refractivity (Wildman–Crippen MR) is 82.8 cm³/mol. The molecule has 1 aliphatic carbocycles. The molecule has 1 aromatic rings. The number of nitrogens with two attached hydrogens (primary N) is 1. The summed E-state index contributed by atoms with van der Waals surface area (Å²) in [7, 11) is 0. The van der Waals surface area contributed by atoms with Crippen LogP contribution in [0.5, 0.6) is 0 Å². The lowest BCUT2D eigenvalue weighted by atomic mass is 10.0. The molecule has 0 aliphatic heterocycles. The average Bonchev–Trinajstić information content (AvgIpc) is 2.95. The van der Waals surface area contributed by atoms with Crippen molar-refractivity contribution < 1.29 is 4.79 Å². The quantitative estimate of drug-likeness (QED) is 0.788. The minimum atomic E-state index is 0.109. The van der Waals surface area contributed by atoms with Crippen molar-refractivity contribution in [2.45, 2.75) is 45.6 Å². The lowest BCUT2D eigenvalue weighted by Crippen LogP contribution is -2.27. The van der Waals surface area contributed by atoms with Gasteiger partial charge in [-0.2, -0.15) is 0 Å². The fourth-order valence-electron chi connectivity index (χ4n) is 2.50. The monoisotopic (exact) mass is 293 g/mol. The number of carbonyl (C=O) groups excluding carboxylic acids is 1. The molecular weight excluding hydrogens is 270 g/mol. The molecule has 2 rings (SSSR count). The lowest BCUT2D eigenvalue weighted by Gasteiger charge is -2.09. The SMILES string of the molecule is CCc1nc(CCNC(=O)C[C@H]2C=C[C@@H](N)C2)sc1C. The number of nitrogens with one attached hydrogen (secondary N) is 1. The molecular formula is C15H23N3OS. The van der Waals surface area contributed by atoms with E-state index in [1.54, 1.807) is 11.3 Å². The fourth-order valence-corrected chi connectivity index (χ4v) is 3.52. The highest BCUT2D eigenvalue weighted by Crippen LogP contribution is 2.20. The van der Waals surface area contributed by atoms with Gasteiger partial charge in [0.15, 0.2) is 0 Å². The Hall–Kier alpha value is -1.20. The zero-order chi connectivity index (χ0) is 14.5. The Balaban J connectivity index is 1.69. The minimum Gasteiger partial charge on any atom is -0.356 e. The van der Waals surface area contributed by atoms with Crippen molar-refractivity contribution in [2.75, 3.05) is 6.54 Å². The summed E-state index contributed by atoms with van der Waals surface area (Å²) in [4.78, 5) is 17.7. The van der Waals surface area contributed by atoms with Gasteiger partial charge in [-0.25, -0.2) is 4.98 Å². The molecule has 1 aliphatic rings. The number of amides is 1. The molecule has 0 radical (unpaired) electrons. The van der Waals surface area contributed by atoms with Gasteiger partial charge in [-0.15, -0.1) is 11.3 Å². The Kier molecular flexibility index (Phi) is 5.31. The molecule has 1 aromatic heterocycles. The smallest absolute Gasteiger partial charge is 0.220 e. The third-order valence-corrected chi connectivity index (χ3v) is 4.66. The average molecular weight is 293 g/mol. The van der Waals surface area contributed by atoms with E-state index in [1.165, 1.54) is 10.6 Å². The summed E-state index contributed by atoms with van der Waals surface area (Å²) in [5, 5.41) is 4.09. The maximum Gasteiger partial charge on any atom is 0.220 e. The molecule has 3 N–H and O–H groups in total. The van der Waals surface area contributed by atoms with Gasteiger partial charge in [-0.3, -0.25) is 4.79 Å². The van der Waals surface area contributed by atoms with E-state index in [2.05, 4.69) is 30.2 Å². The number of hydrogen-bond acceptors (Lipinski definition) is 4. The summed E-state index contributed by atoms with van der Waals surface area (Å²) in [6, 6.07) is 0.124. The molecule has 0 saturated heterocycles. The van der Waals surface area contributed by atoms with Gasteiger partial charge >= 0.3 is 0 Å². The van der Waals surface area contributed by atoms with Gasteiger partial charge in [0.1, 0.15) is 0 Å². The second-order valence-electron chi connectivity index (χ2n) is 5.31. The van der Waals surface area contributed by atoms with E-state index >= 15 is 0 Å². The van der Waals surface area contributed by atoms with Gasteiger partial charge < -0.3 is 11.1 Å². The Labute approximate surface area is 124 Å². The topological polar surface area (TPSA) is 68.0 Å². The van der Waals surface area contributed by atoms with Crippen LogP contribution in [-0.2, 0) is 17.6 Å². The van der Waals surface area contributed by atoms with Crippen molar-refractivity contribution in [3.8, 4) is 0 Å². The molecule has 110 valence electrons. The molecule has 2 atom stereocenters. The lowest BCUT2D eigenvalue weighted by molar-refractivity contribution is -0.121. The van der Waals surface area contributed by atoms with E-state index in [1.807, 2.05) is 6.08 Å². The fraction of sp³-hybridized carbons (Fsp3) is 0.600. The minimum absolute atomic E-state index is 0.109. The molecule has 0 unspecified atom stereocenters. The maximum atomic E-state index is 11.8. The number of rotatable bonds is 6. The highest BCUT2D eigenvalue weighted by molar-refractivity contribution is 7.11. The van der Waals surface area contributed by atoms with Crippen LogP contribution in [0.15, 0.2) is 12.2 Å². The van der Waals surface area contributed by atoms with E-state index in [0.717, 1.165) is 24.3 Å². The number of allylic oxidation sites excluding steroid dienone is 1. The highest BCUT2D eigenvalue weighted by Gasteiger charge is 2.18. The summed E-state index contributed by atoms with van der Waals surface area (Å²) in [5.74, 6) is 0.413. The van der Waals surface area contributed by atoms with Crippen LogP contribution in [0.25, 0.3) is 0 Å². The van der Waals surface area contributed by atoms with Crippen LogP contribution < -0.4 is 11.1 Å². The van der Waals surface area contributed by atoms with Crippen molar-refractivity contribution in [1.82, 2.24) is 10.3 Å². The first-order chi connectivity index (χ1) is 9.58. The van der Waals surface area contributed by atoms with Crippen LogP contribution in [0.2, 0.25) is 0 Å². The van der Waals surface area contributed by atoms with E-state index in [4.69, 9.17) is 5.73 Å². The first-order valence-corrected chi connectivity index (χ1v) is 8.06. The van der Waals surface area contributed by atoms with Crippen LogP contribution in [0, 0.1) is 12.8 Å². The van der Waals surface area contributed by atoms with Gasteiger partial charge in [0.25, 0.3) is 0 Å². The molecule has 0 spiro atoms. The van der Waals surface area contributed by atoms with Gasteiger partial charge in [-0.05, 0) is 25.7 Å². The zero-order valence-electron chi connectivity index (χ0n) is 12.2. The van der Waals surface area contributed by atoms with Crippen LogP contribution >= 0.6 is 11.3 Å². The molecule has 0 saturated carbocycles. The molecule has 0 aromatic carbocycles. The summed E-state index contributed by atoms with van der Waals surface area (Å²) in [6.07, 6.45) is 7.27. The second-order valence-corrected chi connectivity index (χ2v) is 6.60. The summed E-state index contributed by atoms with van der Waals surface area (Å²) < 4.78 is 0. The van der Waals surface area contributed by atoms with Crippen LogP contribution in [0.3, 0.4) is 0 Å². The van der Waals surface area contributed by atoms with Gasteiger partial charge in [0.2, 0.25) is 5.91 Å². The number of nitrogens with zero attached hydrogens (tertiary/aromatic N) is 1. The van der Waals surface area contributed by atoms with Crippen LogP contribution in [0.1, 0.15) is 35.3 Å². The second kappa shape index (κ2) is 6.99. The number of hydrogen-bond donors (Lipinski definition) is 2. The van der Waals surface area contributed by atoms with Gasteiger partial charge in [0.05, 0.1) is 10.7 Å². The summed E-state index contributed by atoms with van der Waals surface area (Å²) in [5.41, 5.74) is 6.96. The largest absolute Gasteiger partial charge is 0.356 e. The van der Waals surface area contributed by atoms with Crippen molar-refractivity contribution in [3.05, 3.63) is 27.7 Å². The third-order valence-electron chi connectivity index (χ3n) is 3.59. The summed E-state index contributed by atoms with van der Waals surface area (Å²) >= 11 is 1.73. The van der Waals surface area contributed by atoms with Crippen molar-refractivity contribution in [1.29, 1.82) is 0 Å². The molecule has 5 heteroatoms. The molecule has 20 heavy (non-hydrogen) atoms. The molecule has 0 fully saturated rings. The van der Waals surface area contributed by atoms with E-state index in [9.17, 15) is 4.79 Å². The predicted octanol–water partition coefficient (Wildman–Crippen LogP) is 1.97. The standard InChI is InChI=1S/C15H23N3OS/c1-3-13-10(2)20-15(18-13)6-7-17-14(19)9-11-4-5-12(16)8-11/h4-5,11-12H,3,6-9,16H2,1-2H3,(H,17,19)/t11-,12+/m0/s1. The number of aromatic nitrogens is 1. The van der Waals surface area contributed by atoms with Crippen molar-refractivity contribution in [3.63, 3.8) is 0 Å². The first-order valence-electron chi connectivity index (χ1n) is 7.24. The zero-order valence-corrected chi connectivity index (χ0v) is 13.0. The molecule has 0 bridgehead atoms. The van der Waals surface area contributed by atoms with Gasteiger partial charge in [-0.1, -0.05) is 19.1 Å². The van der Waals surface area contributed by atoms with Crippen molar-refractivity contribution >= 4 is 17.2 Å². The van der Waals surface area contributed by atoms with E-state index < -0.39 is 0 Å². The van der Waals surface area contributed by atoms with Crippen LogP contribution in [0.4, 0.5) is 0 Å².